The molecule has 0 saturated carbocycles. The van der Waals surface area contributed by atoms with E-state index in [1.165, 1.54) is 0 Å². The zero-order valence-corrected chi connectivity index (χ0v) is 24.1. The van der Waals surface area contributed by atoms with Crippen molar-refractivity contribution in [3.63, 3.8) is 0 Å². The SMILES string of the molecule is CC(C)NC(=O)OCc1c(COC(=O)NC(C)C)c(-c2ccc[n+](COC(=O)Cc3ccccc3)c2)n2c1CCC2. The van der Waals surface area contributed by atoms with Crippen molar-refractivity contribution in [3.8, 4) is 11.3 Å². The summed E-state index contributed by atoms with van der Waals surface area (Å²) >= 11 is 0. The van der Waals surface area contributed by atoms with Gasteiger partial charge in [-0.2, -0.15) is 4.57 Å². The molecule has 2 N–H and O–H groups in total. The van der Waals surface area contributed by atoms with Gasteiger partial charge in [0, 0.05) is 41.5 Å². The molecule has 2 aromatic heterocycles. The first-order valence-corrected chi connectivity index (χ1v) is 14.0. The molecule has 218 valence electrons. The number of nitrogens with zero attached hydrogens (tertiary/aromatic N) is 2. The highest BCUT2D eigenvalue weighted by Crippen LogP contribution is 2.36. The Morgan fingerprint density at radius 2 is 1.54 bits per heavy atom. The third-order valence-electron chi connectivity index (χ3n) is 6.60. The second-order valence-corrected chi connectivity index (χ2v) is 10.7. The Balaban J connectivity index is 1.59. The van der Waals surface area contributed by atoms with Crippen molar-refractivity contribution in [1.82, 2.24) is 15.2 Å². The number of esters is 1. The van der Waals surface area contributed by atoms with E-state index in [1.807, 2.05) is 82.6 Å². The molecule has 0 atom stereocenters. The number of fused-ring (bicyclic) bond motifs is 1. The summed E-state index contributed by atoms with van der Waals surface area (Å²) < 4.78 is 20.7. The van der Waals surface area contributed by atoms with E-state index in [9.17, 15) is 14.4 Å². The number of ether oxygens (including phenoxy) is 3. The topological polar surface area (TPSA) is 112 Å². The lowest BCUT2D eigenvalue weighted by Gasteiger charge is -2.14. The van der Waals surface area contributed by atoms with Crippen LogP contribution in [0.1, 0.15) is 56.5 Å². The molecule has 0 bridgehead atoms. The number of rotatable bonds is 11. The van der Waals surface area contributed by atoms with Crippen molar-refractivity contribution in [2.75, 3.05) is 0 Å². The molecule has 1 aliphatic rings. The van der Waals surface area contributed by atoms with Gasteiger partial charge >= 0.3 is 18.2 Å². The Hall–Kier alpha value is -4.34. The van der Waals surface area contributed by atoms with Crippen LogP contribution in [-0.2, 0) is 58.3 Å². The number of hydrogen-bond donors (Lipinski definition) is 2. The fourth-order valence-corrected chi connectivity index (χ4v) is 4.90. The molecule has 0 saturated heterocycles. The highest BCUT2D eigenvalue weighted by molar-refractivity contribution is 5.72. The van der Waals surface area contributed by atoms with E-state index in [1.54, 1.807) is 4.57 Å². The number of alkyl carbamates (subject to hydrolysis) is 2. The van der Waals surface area contributed by atoms with Crippen LogP contribution in [0.15, 0.2) is 54.9 Å². The molecule has 0 spiro atoms. The highest BCUT2D eigenvalue weighted by Gasteiger charge is 2.29. The molecule has 4 rings (SSSR count). The van der Waals surface area contributed by atoms with Gasteiger partial charge in [0.15, 0.2) is 12.4 Å². The number of benzene rings is 1. The van der Waals surface area contributed by atoms with Crippen LogP contribution >= 0.6 is 0 Å². The van der Waals surface area contributed by atoms with Crippen molar-refractivity contribution in [3.05, 3.63) is 77.2 Å². The van der Waals surface area contributed by atoms with Crippen LogP contribution in [-0.4, -0.2) is 34.8 Å². The number of pyridine rings is 1. The van der Waals surface area contributed by atoms with Crippen molar-refractivity contribution in [2.24, 2.45) is 0 Å². The third-order valence-corrected chi connectivity index (χ3v) is 6.60. The van der Waals surface area contributed by atoms with E-state index in [-0.39, 0.29) is 44.4 Å². The van der Waals surface area contributed by atoms with Crippen LogP contribution < -0.4 is 15.2 Å². The summed E-state index contributed by atoms with van der Waals surface area (Å²) in [6, 6.07) is 13.2. The fourth-order valence-electron chi connectivity index (χ4n) is 4.90. The highest BCUT2D eigenvalue weighted by atomic mass is 16.6. The summed E-state index contributed by atoms with van der Waals surface area (Å²) in [5.74, 6) is -0.318. The summed E-state index contributed by atoms with van der Waals surface area (Å²) in [5.41, 5.74) is 5.35. The zero-order chi connectivity index (χ0) is 29.4. The number of carbonyl (C=O) groups excluding carboxylic acids is 3. The molecule has 3 aromatic rings. The van der Waals surface area contributed by atoms with E-state index in [0.29, 0.717) is 0 Å². The first-order chi connectivity index (χ1) is 19.7. The third kappa shape index (κ3) is 8.09. The summed E-state index contributed by atoms with van der Waals surface area (Å²) in [4.78, 5) is 37.1. The molecule has 41 heavy (non-hydrogen) atoms. The van der Waals surface area contributed by atoms with Crippen molar-refractivity contribution in [1.29, 1.82) is 0 Å². The van der Waals surface area contributed by atoms with Gasteiger partial charge in [-0.3, -0.25) is 4.79 Å². The maximum Gasteiger partial charge on any atom is 0.407 e. The number of carbonyl (C=O) groups is 3. The van der Waals surface area contributed by atoms with E-state index < -0.39 is 12.2 Å². The van der Waals surface area contributed by atoms with Gasteiger partial charge in [0.25, 0.3) is 6.73 Å². The van der Waals surface area contributed by atoms with Crippen LogP contribution in [0, 0.1) is 0 Å². The van der Waals surface area contributed by atoms with Gasteiger partial charge in [-0.1, -0.05) is 30.3 Å². The number of hydrogen-bond acceptors (Lipinski definition) is 6. The average Bonchev–Trinajstić information content (AvgIpc) is 3.50. The molecule has 0 unspecified atom stereocenters. The first kappa shape index (κ1) is 29.6. The van der Waals surface area contributed by atoms with E-state index in [2.05, 4.69) is 15.2 Å². The van der Waals surface area contributed by atoms with E-state index in [4.69, 9.17) is 14.2 Å². The molecular weight excluding hydrogens is 524 g/mol. The average molecular weight is 564 g/mol. The molecule has 0 radical (unpaired) electrons. The maximum atomic E-state index is 12.4. The van der Waals surface area contributed by atoms with Crippen LogP contribution in [0.25, 0.3) is 11.3 Å². The Kier molecular flexibility index (Phi) is 10.00. The monoisotopic (exact) mass is 563 g/mol. The predicted octanol–water partition coefficient (Wildman–Crippen LogP) is 4.40. The maximum absolute atomic E-state index is 12.4. The van der Waals surface area contributed by atoms with Crippen LogP contribution in [0.4, 0.5) is 9.59 Å². The summed E-state index contributed by atoms with van der Waals surface area (Å²) in [6.45, 7) is 8.37. The van der Waals surface area contributed by atoms with Gasteiger partial charge in [-0.15, -0.1) is 0 Å². The van der Waals surface area contributed by atoms with Gasteiger partial charge in [-0.25, -0.2) is 9.59 Å². The molecule has 0 aliphatic carbocycles. The Bertz CT molecular complexity index is 1370. The Morgan fingerprint density at radius 1 is 0.878 bits per heavy atom. The minimum atomic E-state index is -0.518. The Labute approximate surface area is 240 Å². The smallest absolute Gasteiger partial charge is 0.407 e. The van der Waals surface area contributed by atoms with Gasteiger partial charge < -0.3 is 29.4 Å². The molecule has 10 nitrogen and oxygen atoms in total. The zero-order valence-electron chi connectivity index (χ0n) is 24.1. The number of amides is 2. The second-order valence-electron chi connectivity index (χ2n) is 10.7. The fraction of sp³-hybridized carbons (Fsp3) is 0.419. The Morgan fingerprint density at radius 3 is 2.20 bits per heavy atom. The molecular formula is C31H39N4O6+. The van der Waals surface area contributed by atoms with Crippen LogP contribution in [0.3, 0.4) is 0 Å². The molecule has 3 heterocycles. The standard InChI is InChI=1S/C31H38N4O6/c1-21(2)32-30(37)39-18-25-26(19-40-31(38)33-22(3)4)29(35-15-9-13-27(25)35)24-12-8-14-34(17-24)20-41-28(36)16-23-10-6-5-7-11-23/h5-8,10-12,14,17,21-22H,9,13,15-16,18-20H2,1-4H3,(H-,32,33,37,38)/p+1. The minimum absolute atomic E-state index is 0.0132. The lowest BCUT2D eigenvalue weighted by molar-refractivity contribution is -0.727. The van der Waals surface area contributed by atoms with E-state index in [0.717, 1.165) is 53.0 Å². The lowest BCUT2D eigenvalue weighted by Crippen LogP contribution is -2.35. The van der Waals surface area contributed by atoms with E-state index >= 15 is 0 Å². The van der Waals surface area contributed by atoms with Crippen molar-refractivity contribution in [2.45, 2.75) is 85.5 Å². The van der Waals surface area contributed by atoms with Crippen LogP contribution in [0.2, 0.25) is 0 Å². The largest absolute Gasteiger partial charge is 0.445 e. The van der Waals surface area contributed by atoms with Gasteiger partial charge in [0.1, 0.15) is 13.2 Å². The normalized spacial score (nSPS) is 12.2. The van der Waals surface area contributed by atoms with Gasteiger partial charge in [0.05, 0.1) is 17.7 Å². The minimum Gasteiger partial charge on any atom is -0.445 e. The molecule has 0 fully saturated rings. The first-order valence-electron chi connectivity index (χ1n) is 14.0. The van der Waals surface area contributed by atoms with Crippen molar-refractivity contribution >= 4 is 18.2 Å². The van der Waals surface area contributed by atoms with Crippen LogP contribution in [0.5, 0.6) is 0 Å². The van der Waals surface area contributed by atoms with Gasteiger partial charge in [0.2, 0.25) is 0 Å². The molecule has 1 aliphatic heterocycles. The van der Waals surface area contributed by atoms with Crippen molar-refractivity contribution < 1.29 is 33.2 Å². The van der Waals surface area contributed by atoms with Gasteiger partial charge in [-0.05, 0) is 52.2 Å². The summed E-state index contributed by atoms with van der Waals surface area (Å²) in [5, 5.41) is 5.50. The quantitative estimate of drug-likeness (QED) is 0.203. The molecule has 10 heteroatoms. The number of nitrogens with one attached hydrogen (secondary N) is 2. The second kappa shape index (κ2) is 13.8. The summed E-state index contributed by atoms with van der Waals surface area (Å²) in [7, 11) is 0. The lowest BCUT2D eigenvalue weighted by atomic mass is 10.0. The number of aromatic nitrogens is 2. The molecule has 1 aromatic carbocycles. The molecule has 2 amide bonds. The summed E-state index contributed by atoms with van der Waals surface area (Å²) in [6.07, 6.45) is 4.69. The predicted molar refractivity (Wildman–Crippen MR) is 152 cm³/mol.